The van der Waals surface area contributed by atoms with Gasteiger partial charge in [-0.25, -0.2) is 33.6 Å². The van der Waals surface area contributed by atoms with Crippen LogP contribution < -0.4 is 10.4 Å². The third-order valence-corrected chi connectivity index (χ3v) is 7.12. The van der Waals surface area contributed by atoms with E-state index in [4.69, 9.17) is 24.1 Å². The van der Waals surface area contributed by atoms with Crippen LogP contribution in [-0.2, 0) is 0 Å². The first kappa shape index (κ1) is 22.5. The van der Waals surface area contributed by atoms with E-state index in [9.17, 15) is 9.18 Å². The Morgan fingerprint density at radius 2 is 1.62 bits per heavy atom. The summed E-state index contributed by atoms with van der Waals surface area (Å²) in [7, 11) is 0. The van der Waals surface area contributed by atoms with Crippen molar-refractivity contribution >= 4 is 27.6 Å². The van der Waals surface area contributed by atoms with Crippen LogP contribution in [0.5, 0.6) is 11.6 Å². The second-order valence-electron chi connectivity index (χ2n) is 9.52. The van der Waals surface area contributed by atoms with Crippen molar-refractivity contribution in [2.75, 3.05) is 0 Å². The third-order valence-electron chi connectivity index (χ3n) is 7.12. The van der Waals surface area contributed by atoms with Gasteiger partial charge >= 0.3 is 5.63 Å². The molecule has 7 aromatic rings. The summed E-state index contributed by atoms with van der Waals surface area (Å²) in [5.74, 6) is -0.132. The molecule has 0 fully saturated rings. The maximum atomic E-state index is 13.6. The molecule has 0 saturated heterocycles. The van der Waals surface area contributed by atoms with E-state index in [1.54, 1.807) is 24.3 Å². The van der Waals surface area contributed by atoms with Gasteiger partial charge in [-0.3, -0.25) is 0 Å². The lowest BCUT2D eigenvalue weighted by molar-refractivity contribution is 0.421. The van der Waals surface area contributed by atoms with Gasteiger partial charge in [-0.05, 0) is 55.5 Å². The molecule has 8 rings (SSSR count). The largest absolute Gasteiger partial charge is 0.437 e. The fourth-order valence-electron chi connectivity index (χ4n) is 5.30. The molecule has 0 radical (unpaired) electrons. The maximum absolute atomic E-state index is 13.6. The predicted molar refractivity (Wildman–Crippen MR) is 144 cm³/mol. The highest BCUT2D eigenvalue weighted by Gasteiger charge is 2.39. The zero-order valence-electron chi connectivity index (χ0n) is 20.9. The van der Waals surface area contributed by atoms with Crippen LogP contribution in [0.1, 0.15) is 28.4 Å². The number of aromatic nitrogens is 6. The number of fused-ring (bicyclic) bond motifs is 7. The molecule has 0 saturated carbocycles. The molecule has 1 unspecified atom stereocenters. The van der Waals surface area contributed by atoms with Crippen LogP contribution in [-0.4, -0.2) is 29.5 Å². The lowest BCUT2D eigenvalue weighted by Gasteiger charge is -2.27. The lowest BCUT2D eigenvalue weighted by atomic mass is 9.86. The molecular formula is C30H17FN6O3. The minimum atomic E-state index is -0.766. The van der Waals surface area contributed by atoms with Crippen LogP contribution >= 0.6 is 0 Å². The van der Waals surface area contributed by atoms with Gasteiger partial charge in [0.15, 0.2) is 17.2 Å². The van der Waals surface area contributed by atoms with Crippen LogP contribution in [0.4, 0.5) is 4.39 Å². The van der Waals surface area contributed by atoms with E-state index in [-0.39, 0.29) is 17.3 Å². The Balaban J connectivity index is 1.46. The second kappa shape index (κ2) is 8.24. The molecule has 0 bridgehead atoms. The van der Waals surface area contributed by atoms with Crippen molar-refractivity contribution in [3.05, 3.63) is 118 Å². The number of hydrogen-bond donors (Lipinski definition) is 0. The average Bonchev–Trinajstić information content (AvgIpc) is 3.41. The highest BCUT2D eigenvalue weighted by atomic mass is 19.1. The summed E-state index contributed by atoms with van der Waals surface area (Å²) in [6, 6.07) is 20.6. The van der Waals surface area contributed by atoms with Gasteiger partial charge in [-0.1, -0.05) is 24.3 Å². The van der Waals surface area contributed by atoms with Gasteiger partial charge in [0.05, 0.1) is 44.9 Å². The molecule has 1 aliphatic heterocycles. The molecule has 1 aliphatic rings. The summed E-state index contributed by atoms with van der Waals surface area (Å²) >= 11 is 0. The normalized spacial score (nSPS) is 14.3. The average molecular weight is 529 g/mol. The van der Waals surface area contributed by atoms with Crippen LogP contribution in [0.25, 0.3) is 39.0 Å². The minimum absolute atomic E-state index is 0.271. The summed E-state index contributed by atoms with van der Waals surface area (Å²) in [6.07, 6.45) is 1.50. The number of nitrogens with zero attached hydrogens (tertiary/aromatic N) is 6. The van der Waals surface area contributed by atoms with E-state index in [1.807, 2.05) is 43.3 Å². The Morgan fingerprint density at radius 1 is 0.875 bits per heavy atom. The van der Waals surface area contributed by atoms with Gasteiger partial charge in [0, 0.05) is 5.56 Å². The lowest BCUT2D eigenvalue weighted by Crippen LogP contribution is -2.24. The molecule has 1 atom stereocenters. The first-order valence-electron chi connectivity index (χ1n) is 12.5. The molecule has 0 N–H and O–H groups in total. The Kier molecular flexibility index (Phi) is 4.63. The van der Waals surface area contributed by atoms with Crippen molar-refractivity contribution in [3.63, 3.8) is 0 Å². The van der Waals surface area contributed by atoms with Gasteiger partial charge < -0.3 is 9.15 Å². The smallest absolute Gasteiger partial charge is 0.344 e. The molecule has 3 aromatic carbocycles. The number of halogens is 1. The molecule has 40 heavy (non-hydrogen) atoms. The first-order chi connectivity index (χ1) is 19.5. The summed E-state index contributed by atoms with van der Waals surface area (Å²) in [5.41, 5.74) is 4.27. The molecule has 9 nitrogen and oxygen atoms in total. The molecule has 0 aliphatic carbocycles. The van der Waals surface area contributed by atoms with Crippen LogP contribution in [0, 0.1) is 12.7 Å². The number of para-hydroxylation sites is 3. The van der Waals surface area contributed by atoms with Crippen molar-refractivity contribution in [2.24, 2.45) is 0 Å². The van der Waals surface area contributed by atoms with Crippen LogP contribution in [0.2, 0.25) is 0 Å². The zero-order chi connectivity index (χ0) is 27.0. The van der Waals surface area contributed by atoms with Crippen molar-refractivity contribution in [3.8, 4) is 23.0 Å². The van der Waals surface area contributed by atoms with Gasteiger partial charge in [0.1, 0.15) is 17.7 Å². The van der Waals surface area contributed by atoms with Gasteiger partial charge in [-0.15, -0.1) is 5.10 Å². The quantitative estimate of drug-likeness (QED) is 0.268. The summed E-state index contributed by atoms with van der Waals surface area (Å²) in [4.78, 5) is 32.8. The molecule has 0 spiro atoms. The van der Waals surface area contributed by atoms with Crippen molar-refractivity contribution in [2.45, 2.75) is 12.8 Å². The number of rotatable bonds is 2. The summed E-state index contributed by atoms with van der Waals surface area (Å²) in [6.45, 7) is 1.85. The Hall–Kier alpha value is -5.51. The number of aryl methyl sites for hydroxylation is 1. The fourth-order valence-corrected chi connectivity index (χ4v) is 5.30. The molecule has 4 aromatic heterocycles. The first-order valence-corrected chi connectivity index (χ1v) is 12.5. The van der Waals surface area contributed by atoms with Gasteiger partial charge in [-0.2, -0.15) is 0 Å². The standard InChI is InChI=1S/C30H17FN6O3/c1-15-25(34-20-8-4-3-7-19(20)33-15)22-23-26(18-6-2-5-9-21(18)39-30(23)38)40-29-24(22)28-35-27(36-37(28)14-32-29)16-10-12-17(31)13-11-16/h2-14,22H,1H3. The Labute approximate surface area is 224 Å². The van der Waals surface area contributed by atoms with Gasteiger partial charge in [0.25, 0.3) is 0 Å². The van der Waals surface area contributed by atoms with Crippen LogP contribution in [0.15, 0.2) is 88.3 Å². The number of benzene rings is 3. The predicted octanol–water partition coefficient (Wildman–Crippen LogP) is 5.57. The Morgan fingerprint density at radius 3 is 2.45 bits per heavy atom. The van der Waals surface area contributed by atoms with E-state index < -0.39 is 11.5 Å². The van der Waals surface area contributed by atoms with Crippen LogP contribution in [0.3, 0.4) is 0 Å². The SMILES string of the molecule is Cc1nc2ccccc2nc1C1c2c(c3ccccc3oc2=O)Oc2ncn3nc(-c4ccc(F)cc4)nc3c21. The van der Waals surface area contributed by atoms with Crippen molar-refractivity contribution in [1.29, 1.82) is 0 Å². The fraction of sp³-hybridized carbons (Fsp3) is 0.0667. The zero-order valence-corrected chi connectivity index (χ0v) is 20.9. The minimum Gasteiger partial charge on any atom is -0.437 e. The van der Waals surface area contributed by atoms with E-state index in [1.165, 1.54) is 23.0 Å². The summed E-state index contributed by atoms with van der Waals surface area (Å²) < 4.78 is 27.2. The molecular weight excluding hydrogens is 511 g/mol. The van der Waals surface area contributed by atoms with E-state index >= 15 is 0 Å². The maximum Gasteiger partial charge on any atom is 0.344 e. The van der Waals surface area contributed by atoms with Crippen molar-refractivity contribution in [1.82, 2.24) is 29.5 Å². The molecule has 10 heteroatoms. The third kappa shape index (κ3) is 3.25. The van der Waals surface area contributed by atoms with E-state index in [0.717, 1.165) is 5.52 Å². The van der Waals surface area contributed by atoms with Crippen molar-refractivity contribution < 1.29 is 13.5 Å². The highest BCUT2D eigenvalue weighted by molar-refractivity contribution is 5.87. The monoisotopic (exact) mass is 528 g/mol. The Bertz CT molecular complexity index is 2210. The van der Waals surface area contributed by atoms with E-state index in [2.05, 4.69) is 10.1 Å². The number of hydrogen-bond acceptors (Lipinski definition) is 8. The number of ether oxygens (including phenoxy) is 1. The second-order valence-corrected chi connectivity index (χ2v) is 9.52. The molecule has 5 heterocycles. The van der Waals surface area contributed by atoms with Gasteiger partial charge in [0.2, 0.25) is 5.88 Å². The highest BCUT2D eigenvalue weighted by Crippen LogP contribution is 2.49. The molecule has 192 valence electrons. The van der Waals surface area contributed by atoms with E-state index in [0.29, 0.717) is 56.2 Å². The summed E-state index contributed by atoms with van der Waals surface area (Å²) in [5, 5.41) is 5.21. The topological polar surface area (TPSA) is 108 Å². The molecule has 0 amide bonds.